The van der Waals surface area contributed by atoms with Gasteiger partial charge in [0.05, 0.1) is 0 Å². The van der Waals surface area contributed by atoms with E-state index in [2.05, 4.69) is 22.8 Å². The fourth-order valence-corrected chi connectivity index (χ4v) is 4.73. The first-order chi connectivity index (χ1) is 16.4. The number of carboxylic acid groups (broad SMARTS) is 1. The number of ether oxygens (including phenoxy) is 2. The molecule has 180 valence electrons. The molecule has 0 aliphatic heterocycles. The summed E-state index contributed by atoms with van der Waals surface area (Å²) in [5.41, 5.74) is 3.20. The minimum absolute atomic E-state index is 0.0934. The quantitative estimate of drug-likeness (QED) is 0.462. The van der Waals surface area contributed by atoms with Gasteiger partial charge in [-0.3, -0.25) is 4.79 Å². The molecule has 1 unspecified atom stereocenters. The normalized spacial score (nSPS) is 16.5. The maximum Gasteiger partial charge on any atom is 0.407 e. The van der Waals surface area contributed by atoms with E-state index < -0.39 is 29.6 Å². The fourth-order valence-electron chi connectivity index (χ4n) is 4.73. The van der Waals surface area contributed by atoms with Crippen molar-refractivity contribution in [2.75, 3.05) is 20.3 Å². The summed E-state index contributed by atoms with van der Waals surface area (Å²) in [7, 11) is 1.56. The van der Waals surface area contributed by atoms with Gasteiger partial charge in [0.25, 0.3) is 0 Å². The number of hydrogen-bond acceptors (Lipinski definition) is 5. The highest BCUT2D eigenvalue weighted by molar-refractivity contribution is 5.92. The number of aliphatic carboxylic acids is 1. The Morgan fingerprint density at radius 3 is 2.21 bits per heavy atom. The van der Waals surface area contributed by atoms with Crippen LogP contribution in [0.1, 0.15) is 49.1 Å². The second-order valence-electron chi connectivity index (χ2n) is 8.89. The predicted molar refractivity (Wildman–Crippen MR) is 125 cm³/mol. The molecular formula is C26H30N2O6. The second kappa shape index (κ2) is 10.3. The maximum atomic E-state index is 12.9. The zero-order valence-electron chi connectivity index (χ0n) is 19.2. The van der Waals surface area contributed by atoms with Gasteiger partial charge >= 0.3 is 12.1 Å². The molecule has 34 heavy (non-hydrogen) atoms. The number of alkyl carbamates (subject to hydrolysis) is 1. The Morgan fingerprint density at radius 1 is 1.06 bits per heavy atom. The van der Waals surface area contributed by atoms with Crippen LogP contribution < -0.4 is 10.6 Å². The minimum Gasteiger partial charge on any atom is -0.480 e. The average molecular weight is 467 g/mol. The van der Waals surface area contributed by atoms with E-state index in [0.717, 1.165) is 28.7 Å². The number of carboxylic acids is 1. The number of nitrogens with one attached hydrogen (secondary N) is 2. The van der Waals surface area contributed by atoms with E-state index in [0.29, 0.717) is 32.3 Å². The molecule has 2 aromatic carbocycles. The van der Waals surface area contributed by atoms with Crippen LogP contribution in [-0.2, 0) is 19.1 Å². The monoisotopic (exact) mass is 466 g/mol. The Bertz CT molecular complexity index is 1020. The van der Waals surface area contributed by atoms with Crippen molar-refractivity contribution in [1.82, 2.24) is 10.6 Å². The summed E-state index contributed by atoms with van der Waals surface area (Å²) in [4.78, 5) is 37.2. The first-order valence-electron chi connectivity index (χ1n) is 11.6. The molecular weight excluding hydrogens is 436 g/mol. The third-order valence-electron chi connectivity index (χ3n) is 6.77. The van der Waals surface area contributed by atoms with Crippen LogP contribution in [0.5, 0.6) is 0 Å². The molecule has 2 aliphatic rings. The Balaban J connectivity index is 1.41. The highest BCUT2D eigenvalue weighted by atomic mass is 16.5. The van der Waals surface area contributed by atoms with Crippen LogP contribution in [0, 0.1) is 0 Å². The molecule has 0 aromatic heterocycles. The lowest BCUT2D eigenvalue weighted by Crippen LogP contribution is -2.62. The molecule has 2 amide bonds. The van der Waals surface area contributed by atoms with Gasteiger partial charge in [0, 0.05) is 19.6 Å². The molecule has 1 fully saturated rings. The highest BCUT2D eigenvalue weighted by Crippen LogP contribution is 2.44. The minimum atomic E-state index is -1.25. The van der Waals surface area contributed by atoms with Gasteiger partial charge < -0.3 is 25.2 Å². The number of carbonyl (C=O) groups is 3. The van der Waals surface area contributed by atoms with Crippen molar-refractivity contribution in [3.8, 4) is 11.1 Å². The number of fused-ring (bicyclic) bond motifs is 3. The molecule has 1 saturated carbocycles. The van der Waals surface area contributed by atoms with Gasteiger partial charge in [0.2, 0.25) is 5.91 Å². The number of amides is 2. The standard InChI is InChI=1S/C26H30N2O6/c1-33-15-6-12-22(23(29)28-26(24(30)31)13-7-14-26)27-25(32)34-16-21-19-10-4-2-8-17(19)18-9-3-5-11-20(18)21/h2-5,8-11,21-22H,6-7,12-16H2,1H3,(H,27,32)(H,28,29)(H,30,31). The van der Waals surface area contributed by atoms with E-state index >= 15 is 0 Å². The molecule has 2 aromatic rings. The van der Waals surface area contributed by atoms with Gasteiger partial charge in [-0.15, -0.1) is 0 Å². The number of methoxy groups -OCH3 is 1. The van der Waals surface area contributed by atoms with Crippen molar-refractivity contribution >= 4 is 18.0 Å². The molecule has 4 rings (SSSR count). The van der Waals surface area contributed by atoms with Crippen LogP contribution in [0.2, 0.25) is 0 Å². The Kier molecular flexibility index (Phi) is 7.17. The molecule has 8 heteroatoms. The smallest absolute Gasteiger partial charge is 0.407 e. The van der Waals surface area contributed by atoms with Crippen LogP contribution in [0.3, 0.4) is 0 Å². The third-order valence-corrected chi connectivity index (χ3v) is 6.77. The van der Waals surface area contributed by atoms with Gasteiger partial charge in [-0.05, 0) is 54.4 Å². The first-order valence-corrected chi connectivity index (χ1v) is 11.6. The summed E-state index contributed by atoms with van der Waals surface area (Å²) < 4.78 is 10.6. The first kappa shape index (κ1) is 23.8. The highest BCUT2D eigenvalue weighted by Gasteiger charge is 2.46. The zero-order chi connectivity index (χ0) is 24.1. The van der Waals surface area contributed by atoms with Crippen molar-refractivity contribution in [3.63, 3.8) is 0 Å². The lowest BCUT2D eigenvalue weighted by molar-refractivity contribution is -0.152. The maximum absolute atomic E-state index is 12.9. The van der Waals surface area contributed by atoms with E-state index in [1.807, 2.05) is 36.4 Å². The second-order valence-corrected chi connectivity index (χ2v) is 8.89. The zero-order valence-corrected chi connectivity index (χ0v) is 19.2. The summed E-state index contributed by atoms with van der Waals surface area (Å²) in [6.45, 7) is 0.547. The lowest BCUT2D eigenvalue weighted by Gasteiger charge is -2.39. The van der Waals surface area contributed by atoms with Crippen LogP contribution in [-0.4, -0.2) is 55.0 Å². The van der Waals surface area contributed by atoms with Crippen molar-refractivity contribution in [2.45, 2.75) is 49.6 Å². The average Bonchev–Trinajstić information content (AvgIpc) is 3.13. The van der Waals surface area contributed by atoms with Crippen molar-refractivity contribution < 1.29 is 29.0 Å². The third kappa shape index (κ3) is 4.77. The van der Waals surface area contributed by atoms with Crippen LogP contribution >= 0.6 is 0 Å². The summed E-state index contributed by atoms with van der Waals surface area (Å²) in [5, 5.41) is 14.8. The summed E-state index contributed by atoms with van der Waals surface area (Å²) in [6, 6.07) is 15.2. The summed E-state index contributed by atoms with van der Waals surface area (Å²) >= 11 is 0. The molecule has 8 nitrogen and oxygen atoms in total. The van der Waals surface area contributed by atoms with Gasteiger partial charge in [0.1, 0.15) is 18.2 Å². The van der Waals surface area contributed by atoms with E-state index in [4.69, 9.17) is 9.47 Å². The van der Waals surface area contributed by atoms with Gasteiger partial charge in [-0.2, -0.15) is 0 Å². The van der Waals surface area contributed by atoms with Crippen molar-refractivity contribution in [1.29, 1.82) is 0 Å². The molecule has 2 aliphatic carbocycles. The number of benzene rings is 2. The summed E-state index contributed by atoms with van der Waals surface area (Å²) in [5.74, 6) is -1.67. The molecule has 0 radical (unpaired) electrons. The lowest BCUT2D eigenvalue weighted by atomic mass is 9.76. The predicted octanol–water partition coefficient (Wildman–Crippen LogP) is 3.44. The van der Waals surface area contributed by atoms with E-state index in [1.165, 1.54) is 0 Å². The Morgan fingerprint density at radius 2 is 1.68 bits per heavy atom. The van der Waals surface area contributed by atoms with E-state index in [9.17, 15) is 19.5 Å². The van der Waals surface area contributed by atoms with Crippen LogP contribution in [0.25, 0.3) is 11.1 Å². The number of hydrogen-bond donors (Lipinski definition) is 3. The van der Waals surface area contributed by atoms with Gasteiger partial charge in [-0.1, -0.05) is 48.5 Å². The largest absolute Gasteiger partial charge is 0.480 e. The van der Waals surface area contributed by atoms with Crippen LogP contribution in [0.4, 0.5) is 4.79 Å². The molecule has 3 N–H and O–H groups in total. The molecule has 0 spiro atoms. The van der Waals surface area contributed by atoms with Crippen LogP contribution in [0.15, 0.2) is 48.5 Å². The Hall–Kier alpha value is -3.39. The number of carbonyl (C=O) groups excluding carboxylic acids is 2. The van der Waals surface area contributed by atoms with E-state index in [1.54, 1.807) is 7.11 Å². The number of rotatable bonds is 10. The topological polar surface area (TPSA) is 114 Å². The van der Waals surface area contributed by atoms with Crippen molar-refractivity contribution in [2.24, 2.45) is 0 Å². The molecule has 1 atom stereocenters. The fraction of sp³-hybridized carbons (Fsp3) is 0.423. The SMILES string of the molecule is COCCCC(NC(=O)OCC1c2ccccc2-c2ccccc21)C(=O)NC1(C(=O)O)CCC1. The van der Waals surface area contributed by atoms with Crippen molar-refractivity contribution in [3.05, 3.63) is 59.7 Å². The molecule has 0 saturated heterocycles. The van der Waals surface area contributed by atoms with Gasteiger partial charge in [0.15, 0.2) is 0 Å². The molecule has 0 heterocycles. The molecule has 0 bridgehead atoms. The van der Waals surface area contributed by atoms with Gasteiger partial charge in [-0.25, -0.2) is 9.59 Å². The van der Waals surface area contributed by atoms with E-state index in [-0.39, 0.29) is 12.5 Å². The summed E-state index contributed by atoms with van der Waals surface area (Å²) in [6.07, 6.45) is 1.61. The Labute approximate surface area is 198 Å².